The van der Waals surface area contributed by atoms with Crippen LogP contribution in [0.2, 0.25) is 0 Å². The standard InChI is InChI=1S/C25H26N8/c1-4-8-18-16-26-33-23(15-19(5-2)27-25(18)33)32(3)20-13-11-17(12-14-20)21-9-6-7-10-22(21)24-28-30-31-29-24/h6-7,9-16H,4-5,8H2,1-3H3,(H,28,29,30,31). The van der Waals surface area contributed by atoms with E-state index in [-0.39, 0.29) is 0 Å². The number of nitrogens with zero attached hydrogens (tertiary/aromatic N) is 7. The maximum absolute atomic E-state index is 4.85. The van der Waals surface area contributed by atoms with Crippen LogP contribution >= 0.6 is 0 Å². The number of aromatic amines is 1. The van der Waals surface area contributed by atoms with Gasteiger partial charge in [0.1, 0.15) is 5.82 Å². The van der Waals surface area contributed by atoms with Gasteiger partial charge in [-0.3, -0.25) is 0 Å². The van der Waals surface area contributed by atoms with Gasteiger partial charge >= 0.3 is 0 Å². The van der Waals surface area contributed by atoms with Crippen LogP contribution in [0.3, 0.4) is 0 Å². The van der Waals surface area contributed by atoms with Crippen molar-refractivity contribution in [3.05, 3.63) is 72.1 Å². The summed E-state index contributed by atoms with van der Waals surface area (Å²) >= 11 is 0. The monoisotopic (exact) mass is 438 g/mol. The summed E-state index contributed by atoms with van der Waals surface area (Å²) < 4.78 is 1.95. The molecule has 0 aliphatic rings. The Morgan fingerprint density at radius 2 is 1.79 bits per heavy atom. The van der Waals surface area contributed by atoms with Crippen molar-refractivity contribution in [3.63, 3.8) is 0 Å². The number of tetrazole rings is 1. The first kappa shape index (κ1) is 20.8. The average Bonchev–Trinajstić information content (AvgIpc) is 3.54. The summed E-state index contributed by atoms with van der Waals surface area (Å²) in [7, 11) is 2.07. The van der Waals surface area contributed by atoms with Crippen LogP contribution in [0.15, 0.2) is 60.8 Å². The Morgan fingerprint density at radius 3 is 2.48 bits per heavy atom. The highest BCUT2D eigenvalue weighted by Gasteiger charge is 2.16. The Bertz CT molecular complexity index is 1370. The first-order chi connectivity index (χ1) is 16.2. The molecule has 1 N–H and O–H groups in total. The van der Waals surface area contributed by atoms with E-state index >= 15 is 0 Å². The van der Waals surface area contributed by atoms with Gasteiger partial charge in [0.15, 0.2) is 5.65 Å². The summed E-state index contributed by atoms with van der Waals surface area (Å²) in [6.45, 7) is 4.31. The number of nitrogens with one attached hydrogen (secondary N) is 1. The fraction of sp³-hybridized carbons (Fsp3) is 0.240. The summed E-state index contributed by atoms with van der Waals surface area (Å²) in [4.78, 5) is 7.01. The van der Waals surface area contributed by atoms with Gasteiger partial charge in [-0.2, -0.15) is 14.8 Å². The molecular weight excluding hydrogens is 412 g/mol. The van der Waals surface area contributed by atoms with Crippen LogP contribution in [-0.2, 0) is 12.8 Å². The zero-order valence-corrected chi connectivity index (χ0v) is 19.0. The second-order valence-corrected chi connectivity index (χ2v) is 8.00. The number of aryl methyl sites for hydroxylation is 2. The van der Waals surface area contributed by atoms with E-state index < -0.39 is 0 Å². The summed E-state index contributed by atoms with van der Waals surface area (Å²) in [6, 6.07) is 18.7. The van der Waals surface area contributed by atoms with Crippen molar-refractivity contribution < 1.29 is 0 Å². The average molecular weight is 439 g/mol. The third-order valence-corrected chi connectivity index (χ3v) is 5.88. The number of anilines is 2. The number of fused-ring (bicyclic) bond motifs is 1. The van der Waals surface area contributed by atoms with Gasteiger partial charge in [-0.1, -0.05) is 56.7 Å². The number of aromatic nitrogens is 7. The first-order valence-corrected chi connectivity index (χ1v) is 11.2. The molecule has 3 heterocycles. The Balaban J connectivity index is 1.52. The highest BCUT2D eigenvalue weighted by atomic mass is 15.5. The van der Waals surface area contributed by atoms with Crippen LogP contribution in [0.5, 0.6) is 0 Å². The highest BCUT2D eigenvalue weighted by molar-refractivity contribution is 5.81. The van der Waals surface area contributed by atoms with Gasteiger partial charge in [0.05, 0.1) is 6.20 Å². The Labute approximate surface area is 192 Å². The molecule has 5 rings (SSSR count). The molecule has 0 saturated heterocycles. The molecule has 166 valence electrons. The van der Waals surface area contributed by atoms with Gasteiger partial charge < -0.3 is 4.90 Å². The second-order valence-electron chi connectivity index (χ2n) is 8.00. The molecular formula is C25H26N8. The number of hydrogen-bond acceptors (Lipinski definition) is 6. The number of benzene rings is 2. The maximum atomic E-state index is 4.85. The Morgan fingerprint density at radius 1 is 1.00 bits per heavy atom. The Kier molecular flexibility index (Phi) is 5.56. The second kappa shape index (κ2) is 8.82. The third-order valence-electron chi connectivity index (χ3n) is 5.88. The zero-order chi connectivity index (χ0) is 22.8. The van der Waals surface area contributed by atoms with E-state index in [0.29, 0.717) is 5.82 Å². The van der Waals surface area contributed by atoms with Crippen molar-refractivity contribution in [1.82, 2.24) is 35.2 Å². The van der Waals surface area contributed by atoms with E-state index in [1.54, 1.807) is 0 Å². The maximum Gasteiger partial charge on any atom is 0.205 e. The molecule has 0 fully saturated rings. The predicted octanol–water partition coefficient (Wildman–Crippen LogP) is 4.86. The van der Waals surface area contributed by atoms with Crippen molar-refractivity contribution in [1.29, 1.82) is 0 Å². The molecule has 0 saturated carbocycles. The highest BCUT2D eigenvalue weighted by Crippen LogP contribution is 2.32. The molecule has 0 radical (unpaired) electrons. The number of rotatable bonds is 7. The van der Waals surface area contributed by atoms with Gasteiger partial charge in [-0.05, 0) is 41.3 Å². The summed E-state index contributed by atoms with van der Waals surface area (Å²) in [5.41, 5.74) is 7.36. The number of H-pyrrole nitrogens is 1. The van der Waals surface area contributed by atoms with Gasteiger partial charge in [-0.25, -0.2) is 4.98 Å². The largest absolute Gasteiger partial charge is 0.329 e. The Hall–Kier alpha value is -4.07. The van der Waals surface area contributed by atoms with Crippen molar-refractivity contribution in [2.24, 2.45) is 0 Å². The van der Waals surface area contributed by atoms with Crippen LogP contribution in [0.4, 0.5) is 11.5 Å². The van der Waals surface area contributed by atoms with Crippen molar-refractivity contribution in [2.75, 3.05) is 11.9 Å². The quantitative estimate of drug-likeness (QED) is 0.390. The number of hydrogen-bond donors (Lipinski definition) is 1. The van der Waals surface area contributed by atoms with Crippen LogP contribution < -0.4 is 4.90 Å². The topological polar surface area (TPSA) is 87.9 Å². The minimum atomic E-state index is 0.583. The molecule has 2 aromatic carbocycles. The minimum absolute atomic E-state index is 0.583. The van der Waals surface area contributed by atoms with Crippen LogP contribution in [-0.4, -0.2) is 42.3 Å². The van der Waals surface area contributed by atoms with E-state index in [9.17, 15) is 0 Å². The van der Waals surface area contributed by atoms with Gasteiger partial charge in [-0.15, -0.1) is 10.2 Å². The molecule has 0 amide bonds. The third kappa shape index (κ3) is 3.84. The van der Waals surface area contributed by atoms with Gasteiger partial charge in [0.25, 0.3) is 0 Å². The molecule has 0 aliphatic heterocycles. The summed E-state index contributed by atoms with van der Waals surface area (Å²) in [6.07, 6.45) is 4.86. The van der Waals surface area contributed by atoms with Crippen LogP contribution in [0.25, 0.3) is 28.2 Å². The fourth-order valence-electron chi connectivity index (χ4n) is 4.11. The lowest BCUT2D eigenvalue weighted by molar-refractivity contribution is 0.881. The molecule has 0 aliphatic carbocycles. The lowest BCUT2D eigenvalue weighted by Gasteiger charge is -2.21. The smallest absolute Gasteiger partial charge is 0.205 e. The lowest BCUT2D eigenvalue weighted by atomic mass is 9.99. The van der Waals surface area contributed by atoms with E-state index in [1.807, 2.05) is 28.9 Å². The van der Waals surface area contributed by atoms with E-state index in [0.717, 1.165) is 58.8 Å². The molecule has 0 unspecified atom stereocenters. The van der Waals surface area contributed by atoms with Crippen molar-refractivity contribution in [2.45, 2.75) is 33.1 Å². The summed E-state index contributed by atoms with van der Waals surface area (Å²) in [5.74, 6) is 1.58. The van der Waals surface area contributed by atoms with Gasteiger partial charge in [0.2, 0.25) is 5.82 Å². The molecule has 33 heavy (non-hydrogen) atoms. The molecule has 5 aromatic rings. The zero-order valence-electron chi connectivity index (χ0n) is 19.0. The molecule has 8 nitrogen and oxygen atoms in total. The fourth-order valence-corrected chi connectivity index (χ4v) is 4.11. The normalized spacial score (nSPS) is 11.2. The van der Waals surface area contributed by atoms with E-state index in [1.165, 1.54) is 5.56 Å². The minimum Gasteiger partial charge on any atom is -0.329 e. The van der Waals surface area contributed by atoms with Crippen LogP contribution in [0, 0.1) is 0 Å². The van der Waals surface area contributed by atoms with E-state index in [2.05, 4.69) is 87.9 Å². The van der Waals surface area contributed by atoms with Gasteiger partial charge in [0, 0.05) is 35.6 Å². The first-order valence-electron chi connectivity index (χ1n) is 11.2. The lowest BCUT2D eigenvalue weighted by Crippen LogP contribution is -2.15. The molecule has 8 heteroatoms. The summed E-state index contributed by atoms with van der Waals surface area (Å²) in [5, 5.41) is 19.2. The SMILES string of the molecule is CCCc1cnn2c(N(C)c3ccc(-c4ccccc4-c4nn[nH]n4)cc3)cc(CC)nc12. The molecule has 0 bridgehead atoms. The molecule has 0 atom stereocenters. The molecule has 0 spiro atoms. The molecule has 3 aromatic heterocycles. The van der Waals surface area contributed by atoms with E-state index in [4.69, 9.17) is 4.98 Å². The van der Waals surface area contributed by atoms with Crippen molar-refractivity contribution >= 4 is 17.2 Å². The van der Waals surface area contributed by atoms with Crippen molar-refractivity contribution in [3.8, 4) is 22.5 Å². The predicted molar refractivity (Wildman–Crippen MR) is 129 cm³/mol. The van der Waals surface area contributed by atoms with Crippen LogP contribution in [0.1, 0.15) is 31.5 Å².